The van der Waals surface area contributed by atoms with Gasteiger partial charge in [0, 0.05) is 39.5 Å². The fourth-order valence-electron chi connectivity index (χ4n) is 5.15. The van der Waals surface area contributed by atoms with Gasteiger partial charge in [0.15, 0.2) is 0 Å². The van der Waals surface area contributed by atoms with Crippen LogP contribution in [0, 0.1) is 5.92 Å². The standard InChI is InChI=1S/C26H27N3O2/c27-25(30)24(14-17-8-2-1-3-9-17)29-16-18(19-10-5-7-13-23(19)29)15-21-20-11-4-6-12-22(20)28-26(21)31/h4-7,10-13,15-17,24H,1-3,8-9,14H2,(H2,27,30)(H,28,31). The molecule has 31 heavy (non-hydrogen) atoms. The largest absolute Gasteiger partial charge is 0.368 e. The van der Waals surface area contributed by atoms with Crippen molar-refractivity contribution in [3.05, 3.63) is 65.9 Å². The second kappa shape index (κ2) is 8.06. The number of benzene rings is 2. The van der Waals surface area contributed by atoms with Gasteiger partial charge < -0.3 is 15.6 Å². The summed E-state index contributed by atoms with van der Waals surface area (Å²) < 4.78 is 2.03. The van der Waals surface area contributed by atoms with Gasteiger partial charge in [-0.15, -0.1) is 0 Å². The molecular weight excluding hydrogens is 386 g/mol. The summed E-state index contributed by atoms with van der Waals surface area (Å²) in [7, 11) is 0. The van der Waals surface area contributed by atoms with Crippen LogP contribution in [0.3, 0.4) is 0 Å². The van der Waals surface area contributed by atoms with Crippen LogP contribution < -0.4 is 11.1 Å². The molecule has 2 aliphatic rings. The number of amides is 2. The summed E-state index contributed by atoms with van der Waals surface area (Å²) in [5.74, 6) is 0.128. The van der Waals surface area contributed by atoms with Gasteiger partial charge in [-0.25, -0.2) is 0 Å². The first-order chi connectivity index (χ1) is 15.1. The summed E-state index contributed by atoms with van der Waals surface area (Å²) in [6.07, 6.45) is 10.8. The lowest BCUT2D eigenvalue weighted by Gasteiger charge is -2.26. The van der Waals surface area contributed by atoms with Crippen LogP contribution in [0.2, 0.25) is 0 Å². The number of nitrogens with zero attached hydrogens (tertiary/aromatic N) is 1. The van der Waals surface area contributed by atoms with Crippen LogP contribution in [0.15, 0.2) is 54.7 Å². The fraction of sp³-hybridized carbons (Fsp3) is 0.308. The Morgan fingerprint density at radius 2 is 1.84 bits per heavy atom. The lowest BCUT2D eigenvalue weighted by atomic mass is 9.84. The molecule has 1 saturated carbocycles. The first kappa shape index (κ1) is 19.6. The van der Waals surface area contributed by atoms with E-state index < -0.39 is 0 Å². The molecule has 3 N–H and O–H groups in total. The topological polar surface area (TPSA) is 77.1 Å². The molecule has 5 rings (SSSR count). The summed E-state index contributed by atoms with van der Waals surface area (Å²) in [5, 5.41) is 3.95. The van der Waals surface area contributed by atoms with E-state index in [0.717, 1.165) is 47.0 Å². The van der Waals surface area contributed by atoms with Gasteiger partial charge in [0.2, 0.25) is 5.91 Å². The van der Waals surface area contributed by atoms with E-state index in [1.165, 1.54) is 19.3 Å². The number of carbonyl (C=O) groups is 2. The van der Waals surface area contributed by atoms with Crippen LogP contribution in [0.5, 0.6) is 0 Å². The number of carbonyl (C=O) groups excluding carboxylic acids is 2. The number of rotatable bonds is 5. The number of fused-ring (bicyclic) bond motifs is 2. The predicted molar refractivity (Wildman–Crippen MR) is 124 cm³/mol. The number of hydrogen-bond acceptors (Lipinski definition) is 2. The van der Waals surface area contributed by atoms with Crippen molar-refractivity contribution in [2.45, 2.75) is 44.6 Å². The molecule has 3 aromatic rings. The van der Waals surface area contributed by atoms with E-state index in [1.54, 1.807) is 0 Å². The monoisotopic (exact) mass is 413 g/mol. The van der Waals surface area contributed by atoms with Gasteiger partial charge in [0.25, 0.3) is 5.91 Å². The molecule has 2 heterocycles. The minimum absolute atomic E-state index is 0.105. The van der Waals surface area contributed by atoms with Crippen molar-refractivity contribution < 1.29 is 9.59 Å². The number of hydrogen-bond donors (Lipinski definition) is 2. The summed E-state index contributed by atoms with van der Waals surface area (Å²) in [6, 6.07) is 15.3. The molecule has 0 bridgehead atoms. The van der Waals surface area contributed by atoms with Crippen LogP contribution in [0.1, 0.15) is 55.7 Å². The van der Waals surface area contributed by atoms with Gasteiger partial charge in [-0.05, 0) is 30.5 Å². The summed E-state index contributed by atoms with van der Waals surface area (Å²) in [5.41, 5.74) is 10.2. The average molecular weight is 414 g/mol. The number of aromatic nitrogens is 1. The summed E-state index contributed by atoms with van der Waals surface area (Å²) >= 11 is 0. The molecule has 0 radical (unpaired) electrons. The second-order valence-corrected chi connectivity index (χ2v) is 8.72. The van der Waals surface area contributed by atoms with Crippen molar-refractivity contribution in [2.75, 3.05) is 5.32 Å². The van der Waals surface area contributed by atoms with Crippen LogP contribution in [0.25, 0.3) is 22.6 Å². The third-order valence-corrected chi connectivity index (χ3v) is 6.73. The zero-order valence-corrected chi connectivity index (χ0v) is 17.5. The van der Waals surface area contributed by atoms with Gasteiger partial charge >= 0.3 is 0 Å². The van der Waals surface area contributed by atoms with Crippen molar-refractivity contribution in [1.29, 1.82) is 0 Å². The Morgan fingerprint density at radius 3 is 2.65 bits per heavy atom. The Balaban J connectivity index is 1.58. The zero-order valence-electron chi connectivity index (χ0n) is 17.5. The lowest BCUT2D eigenvalue weighted by Crippen LogP contribution is -2.28. The Hall–Kier alpha value is -3.34. The second-order valence-electron chi connectivity index (χ2n) is 8.72. The Bertz CT molecular complexity index is 1180. The van der Waals surface area contributed by atoms with Gasteiger partial charge in [-0.3, -0.25) is 9.59 Å². The number of primary amides is 1. The first-order valence-corrected chi connectivity index (χ1v) is 11.1. The number of anilines is 1. The van der Waals surface area contributed by atoms with Crippen molar-refractivity contribution in [2.24, 2.45) is 11.7 Å². The Morgan fingerprint density at radius 1 is 1.10 bits per heavy atom. The molecule has 1 fully saturated rings. The molecule has 5 nitrogen and oxygen atoms in total. The third kappa shape index (κ3) is 3.65. The molecule has 0 saturated heterocycles. The highest BCUT2D eigenvalue weighted by molar-refractivity contribution is 6.35. The molecule has 2 amide bonds. The van der Waals surface area contributed by atoms with Gasteiger partial charge in [0.05, 0.1) is 0 Å². The maximum atomic E-state index is 12.6. The van der Waals surface area contributed by atoms with Crippen LogP contribution >= 0.6 is 0 Å². The highest BCUT2D eigenvalue weighted by atomic mass is 16.2. The van der Waals surface area contributed by atoms with E-state index in [0.29, 0.717) is 11.5 Å². The van der Waals surface area contributed by atoms with Crippen LogP contribution in [0.4, 0.5) is 5.69 Å². The highest BCUT2D eigenvalue weighted by Crippen LogP contribution is 2.37. The molecule has 1 atom stereocenters. The molecule has 0 spiro atoms. The molecule has 2 aromatic carbocycles. The lowest BCUT2D eigenvalue weighted by molar-refractivity contribution is -0.121. The van der Waals surface area contributed by atoms with E-state index in [1.807, 2.05) is 65.4 Å². The Kier molecular flexibility index (Phi) is 5.10. The normalized spacial score (nSPS) is 18.8. The Labute approximate surface area is 181 Å². The summed E-state index contributed by atoms with van der Waals surface area (Å²) in [6.45, 7) is 0. The first-order valence-electron chi connectivity index (χ1n) is 11.1. The number of nitrogens with one attached hydrogen (secondary N) is 1. The van der Waals surface area contributed by atoms with Crippen molar-refractivity contribution in [3.8, 4) is 0 Å². The van der Waals surface area contributed by atoms with Gasteiger partial charge in [0.1, 0.15) is 6.04 Å². The van der Waals surface area contributed by atoms with Gasteiger partial charge in [-0.1, -0.05) is 68.5 Å². The van der Waals surface area contributed by atoms with E-state index >= 15 is 0 Å². The molecule has 1 unspecified atom stereocenters. The SMILES string of the molecule is NC(=O)C(CC1CCCCC1)n1cc(C=C2C(=O)Nc3ccccc32)c2ccccc21. The minimum atomic E-state index is -0.384. The molecule has 158 valence electrons. The smallest absolute Gasteiger partial charge is 0.256 e. The molecule has 5 heteroatoms. The van der Waals surface area contributed by atoms with E-state index in [9.17, 15) is 9.59 Å². The molecular formula is C26H27N3O2. The fourth-order valence-corrected chi connectivity index (χ4v) is 5.15. The van der Waals surface area contributed by atoms with Crippen LogP contribution in [-0.2, 0) is 9.59 Å². The maximum Gasteiger partial charge on any atom is 0.256 e. The van der Waals surface area contributed by atoms with Crippen molar-refractivity contribution in [3.63, 3.8) is 0 Å². The maximum absolute atomic E-state index is 12.6. The molecule has 1 aliphatic carbocycles. The predicted octanol–water partition coefficient (Wildman–Crippen LogP) is 5.13. The summed E-state index contributed by atoms with van der Waals surface area (Å²) in [4.78, 5) is 25.1. The number of para-hydroxylation sites is 2. The third-order valence-electron chi connectivity index (χ3n) is 6.73. The average Bonchev–Trinajstić information content (AvgIpc) is 3.30. The highest BCUT2D eigenvalue weighted by Gasteiger charge is 2.27. The zero-order chi connectivity index (χ0) is 21.4. The van der Waals surface area contributed by atoms with E-state index in [2.05, 4.69) is 5.32 Å². The number of nitrogens with two attached hydrogens (primary N) is 1. The van der Waals surface area contributed by atoms with Crippen molar-refractivity contribution in [1.82, 2.24) is 4.57 Å². The molecule has 1 aliphatic heterocycles. The van der Waals surface area contributed by atoms with Crippen molar-refractivity contribution >= 4 is 40.1 Å². The minimum Gasteiger partial charge on any atom is -0.368 e. The van der Waals surface area contributed by atoms with Crippen LogP contribution in [-0.4, -0.2) is 16.4 Å². The van der Waals surface area contributed by atoms with E-state index in [-0.39, 0.29) is 17.9 Å². The quantitative estimate of drug-likeness (QED) is 0.569. The van der Waals surface area contributed by atoms with Gasteiger partial charge in [-0.2, -0.15) is 0 Å². The van der Waals surface area contributed by atoms with E-state index in [4.69, 9.17) is 5.73 Å². The molecule has 1 aromatic heterocycles.